The van der Waals surface area contributed by atoms with E-state index in [4.69, 9.17) is 0 Å². The molecule has 0 radical (unpaired) electrons. The van der Waals surface area contributed by atoms with Gasteiger partial charge in [-0.3, -0.25) is 14.9 Å². The van der Waals surface area contributed by atoms with E-state index in [1.165, 1.54) is 28.6 Å². The molecule has 8 nitrogen and oxygen atoms in total. The van der Waals surface area contributed by atoms with Crippen molar-refractivity contribution in [2.24, 2.45) is 0 Å². The molecule has 2 aromatic carbocycles. The number of aryl methyl sites for hydroxylation is 1. The number of para-hydroxylation sites is 1. The summed E-state index contributed by atoms with van der Waals surface area (Å²) < 4.78 is 26.9. The fourth-order valence-electron chi connectivity index (χ4n) is 3.08. The molecule has 1 fully saturated rings. The number of sulfonamides is 1. The molecule has 1 heterocycles. The first-order valence-electron chi connectivity index (χ1n) is 8.41. The number of carbonyl (C=O) groups excluding carboxylic acids is 1. The highest BCUT2D eigenvalue weighted by molar-refractivity contribution is 7.89. The van der Waals surface area contributed by atoms with Gasteiger partial charge in [0.1, 0.15) is 0 Å². The molecule has 0 bridgehead atoms. The summed E-state index contributed by atoms with van der Waals surface area (Å²) in [6.45, 7) is 2.49. The van der Waals surface area contributed by atoms with E-state index in [0.29, 0.717) is 5.56 Å². The van der Waals surface area contributed by atoms with Gasteiger partial charge in [-0.25, -0.2) is 8.42 Å². The molecular weight excluding hydrogens is 370 g/mol. The lowest BCUT2D eigenvalue weighted by Gasteiger charge is -2.34. The second kappa shape index (κ2) is 7.45. The monoisotopic (exact) mass is 389 g/mol. The molecule has 142 valence electrons. The number of carbonyl (C=O) groups is 1. The molecule has 0 atom stereocenters. The fraction of sp³-hybridized carbons (Fsp3) is 0.278. The van der Waals surface area contributed by atoms with Gasteiger partial charge in [-0.2, -0.15) is 4.31 Å². The zero-order valence-electron chi connectivity index (χ0n) is 14.7. The Balaban J connectivity index is 1.77. The Morgan fingerprint density at radius 1 is 1.00 bits per heavy atom. The number of piperazine rings is 1. The molecule has 9 heteroatoms. The fourth-order valence-corrected chi connectivity index (χ4v) is 4.66. The molecule has 1 aliphatic heterocycles. The molecule has 27 heavy (non-hydrogen) atoms. The molecule has 3 rings (SSSR count). The third kappa shape index (κ3) is 3.69. The van der Waals surface area contributed by atoms with Gasteiger partial charge in [0.25, 0.3) is 11.6 Å². The van der Waals surface area contributed by atoms with Gasteiger partial charge in [-0.15, -0.1) is 0 Å². The highest BCUT2D eigenvalue weighted by Gasteiger charge is 2.34. The standard InChI is InChI=1S/C18H19N3O5S/c1-14-6-2-3-7-15(14)18(22)19-10-12-20(13-11-19)27(25,26)17-9-5-4-8-16(17)21(23)24/h2-9H,10-13H2,1H3. The van der Waals surface area contributed by atoms with Crippen molar-refractivity contribution in [2.75, 3.05) is 26.2 Å². The number of hydrogen-bond donors (Lipinski definition) is 0. The van der Waals surface area contributed by atoms with Crippen LogP contribution in [0, 0.1) is 17.0 Å². The molecule has 0 saturated carbocycles. The van der Waals surface area contributed by atoms with Crippen LogP contribution in [0.4, 0.5) is 5.69 Å². The molecule has 0 aliphatic carbocycles. The Labute approximate surface area is 157 Å². The number of benzene rings is 2. The summed E-state index contributed by atoms with van der Waals surface area (Å²) >= 11 is 0. The Bertz CT molecular complexity index is 982. The second-order valence-corrected chi connectivity index (χ2v) is 8.14. The lowest BCUT2D eigenvalue weighted by Crippen LogP contribution is -2.50. The van der Waals surface area contributed by atoms with Gasteiger partial charge in [0, 0.05) is 37.8 Å². The van der Waals surface area contributed by atoms with Crippen molar-refractivity contribution in [1.29, 1.82) is 0 Å². The molecule has 0 aromatic heterocycles. The molecule has 0 N–H and O–H groups in total. The quantitative estimate of drug-likeness (QED) is 0.588. The van der Waals surface area contributed by atoms with E-state index < -0.39 is 20.6 Å². The van der Waals surface area contributed by atoms with Crippen molar-refractivity contribution < 1.29 is 18.1 Å². The van der Waals surface area contributed by atoms with Crippen LogP contribution in [0.1, 0.15) is 15.9 Å². The van der Waals surface area contributed by atoms with Crippen LogP contribution in [0.25, 0.3) is 0 Å². The summed E-state index contributed by atoms with van der Waals surface area (Å²) in [6, 6.07) is 12.5. The highest BCUT2D eigenvalue weighted by atomic mass is 32.2. The van der Waals surface area contributed by atoms with Crippen LogP contribution in [0.3, 0.4) is 0 Å². The average molecular weight is 389 g/mol. The van der Waals surface area contributed by atoms with Crippen molar-refractivity contribution in [3.8, 4) is 0 Å². The normalized spacial score (nSPS) is 15.5. The Morgan fingerprint density at radius 2 is 1.59 bits per heavy atom. The minimum Gasteiger partial charge on any atom is -0.336 e. The largest absolute Gasteiger partial charge is 0.336 e. The number of hydrogen-bond acceptors (Lipinski definition) is 5. The van der Waals surface area contributed by atoms with Crippen molar-refractivity contribution in [2.45, 2.75) is 11.8 Å². The number of nitro groups is 1. The van der Waals surface area contributed by atoms with Crippen LogP contribution in [0.2, 0.25) is 0 Å². The van der Waals surface area contributed by atoms with Crippen molar-refractivity contribution in [3.63, 3.8) is 0 Å². The molecule has 1 saturated heterocycles. The zero-order valence-corrected chi connectivity index (χ0v) is 15.6. The van der Waals surface area contributed by atoms with Crippen molar-refractivity contribution in [1.82, 2.24) is 9.21 Å². The van der Waals surface area contributed by atoms with Crippen LogP contribution in [0.15, 0.2) is 53.4 Å². The molecule has 1 aliphatic rings. The van der Waals surface area contributed by atoms with E-state index >= 15 is 0 Å². The third-order valence-corrected chi connectivity index (χ3v) is 6.53. The van der Waals surface area contributed by atoms with E-state index in [2.05, 4.69) is 0 Å². The number of rotatable bonds is 4. The molecule has 1 amide bonds. The Hall–Kier alpha value is -2.78. The van der Waals surface area contributed by atoms with Gasteiger partial charge in [0.05, 0.1) is 4.92 Å². The summed E-state index contributed by atoms with van der Waals surface area (Å²) in [5.74, 6) is -0.143. The summed E-state index contributed by atoms with van der Waals surface area (Å²) in [5, 5.41) is 11.2. The van der Waals surface area contributed by atoms with Gasteiger partial charge in [-0.1, -0.05) is 30.3 Å². The van der Waals surface area contributed by atoms with Gasteiger partial charge in [-0.05, 0) is 24.6 Å². The molecular formula is C18H19N3O5S. The lowest BCUT2D eigenvalue weighted by molar-refractivity contribution is -0.387. The topological polar surface area (TPSA) is 101 Å². The number of nitrogens with zero attached hydrogens (tertiary/aromatic N) is 3. The number of amides is 1. The molecule has 0 spiro atoms. The summed E-state index contributed by atoms with van der Waals surface area (Å²) in [6.07, 6.45) is 0. The van der Waals surface area contributed by atoms with E-state index in [1.807, 2.05) is 19.1 Å². The summed E-state index contributed by atoms with van der Waals surface area (Å²) in [4.78, 5) is 24.4. The maximum atomic E-state index is 12.8. The zero-order chi connectivity index (χ0) is 19.6. The van der Waals surface area contributed by atoms with Crippen LogP contribution in [0.5, 0.6) is 0 Å². The van der Waals surface area contributed by atoms with Crippen LogP contribution in [-0.4, -0.2) is 54.6 Å². The number of nitro benzene ring substituents is 1. The van der Waals surface area contributed by atoms with Gasteiger partial charge in [0.2, 0.25) is 10.0 Å². The Kier molecular flexibility index (Phi) is 5.24. The van der Waals surface area contributed by atoms with Gasteiger partial charge in [0.15, 0.2) is 4.90 Å². The highest BCUT2D eigenvalue weighted by Crippen LogP contribution is 2.27. The van der Waals surface area contributed by atoms with Gasteiger partial charge >= 0.3 is 0 Å². The van der Waals surface area contributed by atoms with Crippen molar-refractivity contribution >= 4 is 21.6 Å². The second-order valence-electron chi connectivity index (χ2n) is 6.24. The third-order valence-electron chi connectivity index (χ3n) is 4.58. The predicted octanol–water partition coefficient (Wildman–Crippen LogP) is 2.05. The maximum absolute atomic E-state index is 12.8. The van der Waals surface area contributed by atoms with Crippen LogP contribution >= 0.6 is 0 Å². The Morgan fingerprint density at radius 3 is 2.22 bits per heavy atom. The lowest BCUT2D eigenvalue weighted by atomic mass is 10.1. The first kappa shape index (κ1) is 19.0. The average Bonchev–Trinajstić information content (AvgIpc) is 2.68. The first-order valence-corrected chi connectivity index (χ1v) is 9.85. The minimum atomic E-state index is -4.01. The smallest absolute Gasteiger partial charge is 0.289 e. The molecule has 2 aromatic rings. The summed E-state index contributed by atoms with van der Waals surface area (Å²) in [7, 11) is -4.01. The maximum Gasteiger partial charge on any atom is 0.289 e. The predicted molar refractivity (Wildman–Crippen MR) is 98.9 cm³/mol. The van der Waals surface area contributed by atoms with E-state index in [9.17, 15) is 23.3 Å². The summed E-state index contributed by atoms with van der Waals surface area (Å²) in [5.41, 5.74) is 1.00. The first-order chi connectivity index (χ1) is 12.8. The van der Waals surface area contributed by atoms with E-state index in [0.717, 1.165) is 5.56 Å². The minimum absolute atomic E-state index is 0.0893. The van der Waals surface area contributed by atoms with Gasteiger partial charge < -0.3 is 4.90 Å². The van der Waals surface area contributed by atoms with E-state index in [1.54, 1.807) is 17.0 Å². The van der Waals surface area contributed by atoms with Crippen LogP contribution < -0.4 is 0 Å². The van der Waals surface area contributed by atoms with Crippen molar-refractivity contribution in [3.05, 3.63) is 69.8 Å². The SMILES string of the molecule is Cc1ccccc1C(=O)N1CCN(S(=O)(=O)c2ccccc2[N+](=O)[O-])CC1. The molecule has 0 unspecified atom stereocenters. The van der Waals surface area contributed by atoms with Crippen LogP contribution in [-0.2, 0) is 10.0 Å². The van der Waals surface area contributed by atoms with E-state index in [-0.39, 0.29) is 37.0 Å².